The van der Waals surface area contributed by atoms with Crippen LogP contribution in [0.3, 0.4) is 0 Å². The quantitative estimate of drug-likeness (QED) is 0.745. The van der Waals surface area contributed by atoms with Gasteiger partial charge in [0.05, 0.1) is 0 Å². The van der Waals surface area contributed by atoms with Crippen LogP contribution in [0.25, 0.3) is 0 Å². The maximum atomic E-state index is 13.7. The molecule has 0 amide bonds. The Bertz CT molecular complexity index is 835. The fourth-order valence-electron chi connectivity index (χ4n) is 3.30. The second-order valence-electron chi connectivity index (χ2n) is 8.25. The third-order valence-electron chi connectivity index (χ3n) is 5.01. The van der Waals surface area contributed by atoms with Gasteiger partial charge in [-0.2, -0.15) is 13.2 Å². The lowest BCUT2D eigenvalue weighted by molar-refractivity contribution is -0.138. The Morgan fingerprint density at radius 3 is 2.14 bits per heavy atom. The van der Waals surface area contributed by atoms with Gasteiger partial charge in [0.15, 0.2) is 0 Å². The third kappa shape index (κ3) is 4.61. The molecule has 1 aliphatic heterocycles. The standard InChI is InChI=1S/C22H27F3N2O/c1-15-13-16(21(2,3)4)5-7-19(15)28-20-8-6-17(14-18(20)22(23,24)25)27-11-9-26-10-12-27/h5-8,13-14,26H,9-12H2,1-4H3. The average Bonchev–Trinajstić information content (AvgIpc) is 2.62. The first-order valence-electron chi connectivity index (χ1n) is 9.51. The highest BCUT2D eigenvalue weighted by molar-refractivity contribution is 5.55. The number of piperazine rings is 1. The van der Waals surface area contributed by atoms with Crippen LogP contribution >= 0.6 is 0 Å². The lowest BCUT2D eigenvalue weighted by atomic mass is 9.86. The van der Waals surface area contributed by atoms with Crippen molar-refractivity contribution < 1.29 is 17.9 Å². The first kappa shape index (κ1) is 20.5. The van der Waals surface area contributed by atoms with Crippen molar-refractivity contribution in [2.45, 2.75) is 39.3 Å². The molecule has 0 unspecified atom stereocenters. The fraction of sp³-hybridized carbons (Fsp3) is 0.455. The minimum Gasteiger partial charge on any atom is -0.456 e. The molecule has 2 aromatic carbocycles. The number of aryl methyl sites for hydroxylation is 1. The normalized spacial score (nSPS) is 15.6. The van der Waals surface area contributed by atoms with Crippen molar-refractivity contribution in [1.82, 2.24) is 5.32 Å². The molecule has 1 saturated heterocycles. The Morgan fingerprint density at radius 1 is 0.929 bits per heavy atom. The fourth-order valence-corrected chi connectivity index (χ4v) is 3.30. The summed E-state index contributed by atoms with van der Waals surface area (Å²) in [6.45, 7) is 11.0. The summed E-state index contributed by atoms with van der Waals surface area (Å²) in [5, 5.41) is 3.21. The van der Waals surface area contributed by atoms with Crippen LogP contribution < -0.4 is 15.0 Å². The first-order chi connectivity index (χ1) is 13.1. The zero-order valence-electron chi connectivity index (χ0n) is 16.8. The minimum absolute atomic E-state index is 0.0363. The van der Waals surface area contributed by atoms with Crippen LogP contribution in [0.1, 0.15) is 37.5 Å². The lowest BCUT2D eigenvalue weighted by Gasteiger charge is -2.30. The second kappa shape index (κ2) is 7.66. The van der Waals surface area contributed by atoms with Crippen LogP contribution in [0, 0.1) is 6.92 Å². The van der Waals surface area contributed by atoms with Crippen LogP contribution in [-0.4, -0.2) is 26.2 Å². The molecule has 0 saturated carbocycles. The number of hydrogen-bond donors (Lipinski definition) is 1. The molecule has 0 radical (unpaired) electrons. The summed E-state index contributed by atoms with van der Waals surface area (Å²) in [5.41, 5.74) is 1.71. The van der Waals surface area contributed by atoms with E-state index in [1.165, 1.54) is 12.1 Å². The number of nitrogens with one attached hydrogen (secondary N) is 1. The predicted octanol–water partition coefficient (Wildman–Crippen LogP) is 5.51. The summed E-state index contributed by atoms with van der Waals surface area (Å²) >= 11 is 0. The van der Waals surface area contributed by atoms with Crippen molar-refractivity contribution in [3.63, 3.8) is 0 Å². The highest BCUT2D eigenvalue weighted by atomic mass is 19.4. The first-order valence-corrected chi connectivity index (χ1v) is 9.51. The molecule has 0 aromatic heterocycles. The molecular formula is C22H27F3N2O. The maximum absolute atomic E-state index is 13.7. The van der Waals surface area contributed by atoms with E-state index in [9.17, 15) is 13.2 Å². The van der Waals surface area contributed by atoms with Gasteiger partial charge >= 0.3 is 6.18 Å². The van der Waals surface area contributed by atoms with Gasteiger partial charge in [0, 0.05) is 31.9 Å². The Balaban J connectivity index is 1.93. The molecule has 0 spiro atoms. The molecule has 3 rings (SSSR count). The highest BCUT2D eigenvalue weighted by Gasteiger charge is 2.35. The summed E-state index contributed by atoms with van der Waals surface area (Å²) in [5.74, 6) is 0.270. The van der Waals surface area contributed by atoms with E-state index in [4.69, 9.17) is 4.74 Å². The lowest BCUT2D eigenvalue weighted by Crippen LogP contribution is -2.43. The molecule has 28 heavy (non-hydrogen) atoms. The number of anilines is 1. The topological polar surface area (TPSA) is 24.5 Å². The van der Waals surface area contributed by atoms with Crippen LogP contribution in [-0.2, 0) is 11.6 Å². The molecule has 3 nitrogen and oxygen atoms in total. The van der Waals surface area contributed by atoms with E-state index in [0.29, 0.717) is 24.5 Å². The summed E-state index contributed by atoms with van der Waals surface area (Å²) in [6, 6.07) is 9.95. The van der Waals surface area contributed by atoms with Gasteiger partial charge < -0.3 is 15.0 Å². The van der Waals surface area contributed by atoms with Crippen molar-refractivity contribution in [2.24, 2.45) is 0 Å². The molecule has 0 atom stereocenters. The largest absolute Gasteiger partial charge is 0.456 e. The number of rotatable bonds is 3. The smallest absolute Gasteiger partial charge is 0.420 e. The molecule has 0 aliphatic carbocycles. The maximum Gasteiger partial charge on any atom is 0.420 e. The van der Waals surface area contributed by atoms with E-state index in [1.54, 1.807) is 12.1 Å². The molecule has 1 fully saturated rings. The van der Waals surface area contributed by atoms with E-state index in [0.717, 1.165) is 24.2 Å². The van der Waals surface area contributed by atoms with Crippen molar-refractivity contribution in [3.05, 3.63) is 53.1 Å². The SMILES string of the molecule is Cc1cc(C(C)(C)C)ccc1Oc1ccc(N2CCNCC2)cc1C(F)(F)F. The highest BCUT2D eigenvalue weighted by Crippen LogP contribution is 2.41. The van der Waals surface area contributed by atoms with Crippen molar-refractivity contribution in [2.75, 3.05) is 31.1 Å². The van der Waals surface area contributed by atoms with Crippen LogP contribution in [0.15, 0.2) is 36.4 Å². The average molecular weight is 392 g/mol. The van der Waals surface area contributed by atoms with Gasteiger partial charge in [-0.05, 0) is 47.7 Å². The molecule has 0 bridgehead atoms. The van der Waals surface area contributed by atoms with Crippen molar-refractivity contribution in [1.29, 1.82) is 0 Å². The molecule has 152 valence electrons. The third-order valence-corrected chi connectivity index (χ3v) is 5.01. The Kier molecular flexibility index (Phi) is 5.62. The molecule has 1 heterocycles. The van der Waals surface area contributed by atoms with Crippen LogP contribution in [0.5, 0.6) is 11.5 Å². The number of halogens is 3. The molecule has 2 aromatic rings. The summed E-state index contributed by atoms with van der Waals surface area (Å²) in [6.07, 6.45) is -4.49. The van der Waals surface area contributed by atoms with Gasteiger partial charge in [0.2, 0.25) is 0 Å². The molecular weight excluding hydrogens is 365 g/mol. The Labute approximate surface area is 164 Å². The molecule has 1 aliphatic rings. The van der Waals surface area contributed by atoms with Crippen molar-refractivity contribution in [3.8, 4) is 11.5 Å². The van der Waals surface area contributed by atoms with E-state index in [2.05, 4.69) is 26.1 Å². The summed E-state index contributed by atoms with van der Waals surface area (Å²) < 4.78 is 46.9. The molecule has 6 heteroatoms. The van der Waals surface area contributed by atoms with Gasteiger partial charge in [-0.15, -0.1) is 0 Å². The predicted molar refractivity (Wildman–Crippen MR) is 106 cm³/mol. The van der Waals surface area contributed by atoms with Gasteiger partial charge in [0.25, 0.3) is 0 Å². The van der Waals surface area contributed by atoms with Gasteiger partial charge in [-0.3, -0.25) is 0 Å². The number of nitrogens with zero attached hydrogens (tertiary/aromatic N) is 1. The zero-order valence-corrected chi connectivity index (χ0v) is 16.8. The summed E-state index contributed by atoms with van der Waals surface area (Å²) in [4.78, 5) is 1.96. The number of alkyl halides is 3. The zero-order chi connectivity index (χ0) is 20.5. The second-order valence-corrected chi connectivity index (χ2v) is 8.25. The number of ether oxygens (including phenoxy) is 1. The molecule has 1 N–H and O–H groups in total. The van der Waals surface area contributed by atoms with Crippen molar-refractivity contribution >= 4 is 5.69 Å². The van der Waals surface area contributed by atoms with Crippen LogP contribution in [0.2, 0.25) is 0 Å². The number of hydrogen-bond acceptors (Lipinski definition) is 3. The van der Waals surface area contributed by atoms with E-state index in [1.807, 2.05) is 24.0 Å². The van der Waals surface area contributed by atoms with E-state index < -0.39 is 11.7 Å². The van der Waals surface area contributed by atoms with Gasteiger partial charge in [-0.1, -0.05) is 32.9 Å². The van der Waals surface area contributed by atoms with Gasteiger partial charge in [-0.25, -0.2) is 0 Å². The minimum atomic E-state index is -4.49. The monoisotopic (exact) mass is 392 g/mol. The van der Waals surface area contributed by atoms with E-state index >= 15 is 0 Å². The van der Waals surface area contributed by atoms with E-state index in [-0.39, 0.29) is 11.2 Å². The summed E-state index contributed by atoms with van der Waals surface area (Å²) in [7, 11) is 0. The van der Waals surface area contributed by atoms with Crippen LogP contribution in [0.4, 0.5) is 18.9 Å². The Hall–Kier alpha value is -2.21. The number of benzene rings is 2. The van der Waals surface area contributed by atoms with Gasteiger partial charge in [0.1, 0.15) is 17.1 Å². The Morgan fingerprint density at radius 2 is 1.57 bits per heavy atom.